The normalized spacial score (nSPS) is 20.3. The van der Waals surface area contributed by atoms with Crippen molar-refractivity contribution in [3.05, 3.63) is 35.0 Å². The molecule has 0 aromatic carbocycles. The van der Waals surface area contributed by atoms with Crippen molar-refractivity contribution in [3.8, 4) is 0 Å². The number of aromatic nitrogens is 3. The Hall–Kier alpha value is -1.62. The van der Waals surface area contributed by atoms with Crippen LogP contribution in [0.3, 0.4) is 0 Å². The number of likely N-dealkylation sites (tertiary alicyclic amines) is 1. The first-order chi connectivity index (χ1) is 9.15. The molecule has 5 heteroatoms. The maximum Gasteiger partial charge on any atom is 0.138 e. The second-order valence-corrected chi connectivity index (χ2v) is 5.38. The van der Waals surface area contributed by atoms with Crippen molar-refractivity contribution < 1.29 is 4.52 Å². The fraction of sp³-hybridized carbons (Fsp3) is 0.571. The van der Waals surface area contributed by atoms with Crippen LogP contribution < -0.4 is 0 Å². The minimum atomic E-state index is 0.474. The summed E-state index contributed by atoms with van der Waals surface area (Å²) in [5, 5.41) is 8.33. The SMILES string of the molecule is Cc1noc(C)c1CN1CCC[C@H]1c1cnn(C)c1. The molecule has 1 aliphatic rings. The first kappa shape index (κ1) is 12.4. The van der Waals surface area contributed by atoms with Gasteiger partial charge in [-0.2, -0.15) is 5.10 Å². The third-order valence-electron chi connectivity index (χ3n) is 4.02. The van der Waals surface area contributed by atoms with E-state index in [9.17, 15) is 0 Å². The lowest BCUT2D eigenvalue weighted by atomic mass is 10.1. The van der Waals surface area contributed by atoms with Gasteiger partial charge in [0.2, 0.25) is 0 Å². The summed E-state index contributed by atoms with van der Waals surface area (Å²) < 4.78 is 7.13. The Kier molecular flexibility index (Phi) is 3.14. The molecule has 19 heavy (non-hydrogen) atoms. The van der Waals surface area contributed by atoms with E-state index in [1.54, 1.807) is 0 Å². The topological polar surface area (TPSA) is 47.1 Å². The second-order valence-electron chi connectivity index (χ2n) is 5.38. The third-order valence-corrected chi connectivity index (χ3v) is 4.02. The van der Waals surface area contributed by atoms with Gasteiger partial charge >= 0.3 is 0 Å². The van der Waals surface area contributed by atoms with Crippen LogP contribution in [0.1, 0.15) is 41.5 Å². The van der Waals surface area contributed by atoms with Crippen molar-refractivity contribution in [2.75, 3.05) is 6.54 Å². The molecule has 0 amide bonds. The molecule has 3 rings (SSSR count). The van der Waals surface area contributed by atoms with Crippen LogP contribution in [-0.2, 0) is 13.6 Å². The molecule has 3 heterocycles. The lowest BCUT2D eigenvalue weighted by molar-refractivity contribution is 0.246. The number of hydrogen-bond donors (Lipinski definition) is 0. The van der Waals surface area contributed by atoms with Crippen LogP contribution in [0.2, 0.25) is 0 Å². The largest absolute Gasteiger partial charge is 0.361 e. The molecule has 102 valence electrons. The fourth-order valence-electron chi connectivity index (χ4n) is 2.94. The fourth-order valence-corrected chi connectivity index (χ4v) is 2.94. The van der Waals surface area contributed by atoms with Crippen LogP contribution in [0.15, 0.2) is 16.9 Å². The number of rotatable bonds is 3. The summed E-state index contributed by atoms with van der Waals surface area (Å²) in [5.74, 6) is 0.939. The molecule has 0 radical (unpaired) electrons. The summed E-state index contributed by atoms with van der Waals surface area (Å²) in [6, 6.07) is 0.474. The Morgan fingerprint density at radius 3 is 2.89 bits per heavy atom. The predicted molar refractivity (Wildman–Crippen MR) is 71.6 cm³/mol. The van der Waals surface area contributed by atoms with Gasteiger partial charge in [-0.25, -0.2) is 0 Å². The highest BCUT2D eigenvalue weighted by Crippen LogP contribution is 2.33. The highest BCUT2D eigenvalue weighted by Gasteiger charge is 2.28. The van der Waals surface area contributed by atoms with E-state index >= 15 is 0 Å². The molecule has 2 aromatic heterocycles. The zero-order valence-electron chi connectivity index (χ0n) is 11.8. The van der Waals surface area contributed by atoms with E-state index in [4.69, 9.17) is 4.52 Å². The predicted octanol–water partition coefficient (Wildman–Crippen LogP) is 2.36. The molecule has 0 aliphatic carbocycles. The Morgan fingerprint density at radius 2 is 2.26 bits per heavy atom. The van der Waals surface area contributed by atoms with Gasteiger partial charge in [0.05, 0.1) is 11.9 Å². The summed E-state index contributed by atoms with van der Waals surface area (Å²) in [6.45, 7) is 6.05. The maximum absolute atomic E-state index is 5.26. The van der Waals surface area contributed by atoms with Crippen LogP contribution in [0.5, 0.6) is 0 Å². The molecule has 1 atom stereocenters. The zero-order chi connectivity index (χ0) is 13.4. The number of nitrogens with zero attached hydrogens (tertiary/aromatic N) is 4. The lowest BCUT2D eigenvalue weighted by Crippen LogP contribution is -2.23. The molecular formula is C14H20N4O. The minimum Gasteiger partial charge on any atom is -0.361 e. The van der Waals surface area contributed by atoms with E-state index in [1.165, 1.54) is 24.0 Å². The third kappa shape index (κ3) is 2.30. The van der Waals surface area contributed by atoms with Crippen molar-refractivity contribution in [1.29, 1.82) is 0 Å². The summed E-state index contributed by atoms with van der Waals surface area (Å²) in [5.41, 5.74) is 3.55. The van der Waals surface area contributed by atoms with Gasteiger partial charge in [-0.05, 0) is 33.2 Å². The van der Waals surface area contributed by atoms with E-state index in [0.717, 1.165) is 24.5 Å². The van der Waals surface area contributed by atoms with Crippen LogP contribution in [0.25, 0.3) is 0 Å². The molecule has 1 saturated heterocycles. The Labute approximate surface area is 113 Å². The van der Waals surface area contributed by atoms with Gasteiger partial charge in [0, 0.05) is 37.0 Å². The number of hydrogen-bond acceptors (Lipinski definition) is 4. The van der Waals surface area contributed by atoms with E-state index in [-0.39, 0.29) is 0 Å². The standard InChI is InChI=1S/C14H20N4O/c1-10-13(11(2)19-16-10)9-18-6-4-5-14(18)12-7-15-17(3)8-12/h7-8,14H,4-6,9H2,1-3H3/t14-/m0/s1. The highest BCUT2D eigenvalue weighted by atomic mass is 16.5. The summed E-state index contributed by atoms with van der Waals surface area (Å²) in [7, 11) is 1.97. The highest BCUT2D eigenvalue weighted by molar-refractivity contribution is 5.22. The van der Waals surface area contributed by atoms with E-state index < -0.39 is 0 Å². The molecule has 0 unspecified atom stereocenters. The van der Waals surface area contributed by atoms with Gasteiger partial charge < -0.3 is 4.52 Å². The smallest absolute Gasteiger partial charge is 0.138 e. The van der Waals surface area contributed by atoms with Crippen molar-refractivity contribution in [2.45, 2.75) is 39.3 Å². The van der Waals surface area contributed by atoms with Crippen molar-refractivity contribution in [3.63, 3.8) is 0 Å². The van der Waals surface area contributed by atoms with Crippen LogP contribution >= 0.6 is 0 Å². The van der Waals surface area contributed by atoms with Crippen molar-refractivity contribution in [1.82, 2.24) is 19.8 Å². The van der Waals surface area contributed by atoms with E-state index in [0.29, 0.717) is 6.04 Å². The molecular weight excluding hydrogens is 240 g/mol. The maximum atomic E-state index is 5.26. The van der Waals surface area contributed by atoms with E-state index in [2.05, 4.69) is 21.4 Å². The van der Waals surface area contributed by atoms with Gasteiger partial charge in [-0.3, -0.25) is 9.58 Å². The van der Waals surface area contributed by atoms with Crippen molar-refractivity contribution in [2.24, 2.45) is 7.05 Å². The zero-order valence-corrected chi connectivity index (χ0v) is 11.8. The van der Waals surface area contributed by atoms with Gasteiger partial charge in [-0.1, -0.05) is 5.16 Å². The first-order valence-corrected chi connectivity index (χ1v) is 6.79. The summed E-state index contributed by atoms with van der Waals surface area (Å²) in [4.78, 5) is 2.50. The lowest BCUT2D eigenvalue weighted by Gasteiger charge is -2.23. The van der Waals surface area contributed by atoms with E-state index in [1.807, 2.05) is 31.8 Å². The van der Waals surface area contributed by atoms with Crippen molar-refractivity contribution >= 4 is 0 Å². The average Bonchev–Trinajstić information content (AvgIpc) is 3.06. The number of aryl methyl sites for hydroxylation is 3. The first-order valence-electron chi connectivity index (χ1n) is 6.79. The van der Waals surface area contributed by atoms with Gasteiger partial charge in [0.15, 0.2) is 0 Å². The summed E-state index contributed by atoms with van der Waals surface area (Å²) >= 11 is 0. The molecule has 0 N–H and O–H groups in total. The van der Waals surface area contributed by atoms with Crippen LogP contribution in [0, 0.1) is 13.8 Å². The molecule has 2 aromatic rings. The molecule has 5 nitrogen and oxygen atoms in total. The van der Waals surface area contributed by atoms with Crippen LogP contribution in [0.4, 0.5) is 0 Å². The van der Waals surface area contributed by atoms with Gasteiger partial charge in [0.1, 0.15) is 5.76 Å². The molecule has 1 aliphatic heterocycles. The monoisotopic (exact) mass is 260 g/mol. The molecule has 1 fully saturated rings. The molecule has 0 spiro atoms. The quantitative estimate of drug-likeness (QED) is 0.850. The van der Waals surface area contributed by atoms with Crippen LogP contribution in [-0.4, -0.2) is 26.4 Å². The van der Waals surface area contributed by atoms with Gasteiger partial charge in [-0.15, -0.1) is 0 Å². The Bertz CT molecular complexity index is 552. The molecule has 0 saturated carbocycles. The minimum absolute atomic E-state index is 0.474. The second kappa shape index (κ2) is 4.81. The van der Waals surface area contributed by atoms with Gasteiger partial charge in [0.25, 0.3) is 0 Å². The Morgan fingerprint density at radius 1 is 1.42 bits per heavy atom. The Balaban J connectivity index is 1.80. The summed E-state index contributed by atoms with van der Waals surface area (Å²) in [6.07, 6.45) is 6.55. The average molecular weight is 260 g/mol. The molecule has 0 bridgehead atoms.